The van der Waals surface area contributed by atoms with Crippen LogP contribution in [0.4, 0.5) is 5.00 Å². The number of esters is 2. The van der Waals surface area contributed by atoms with Gasteiger partial charge in [0.1, 0.15) is 5.00 Å². The number of carbonyl (C=O) groups is 4. The van der Waals surface area contributed by atoms with Gasteiger partial charge in [-0.1, -0.05) is 26.0 Å². The molecule has 0 spiro atoms. The molecule has 1 aromatic heterocycles. The number of thiophene rings is 1. The molecule has 0 atom stereocenters. The van der Waals surface area contributed by atoms with Gasteiger partial charge in [0.15, 0.2) is 6.61 Å². The molecule has 8 nitrogen and oxygen atoms in total. The van der Waals surface area contributed by atoms with E-state index in [0.717, 1.165) is 17.3 Å². The van der Waals surface area contributed by atoms with Gasteiger partial charge in [-0.05, 0) is 42.3 Å². The molecule has 0 aliphatic heterocycles. The zero-order valence-electron chi connectivity index (χ0n) is 18.1. The van der Waals surface area contributed by atoms with Crippen molar-refractivity contribution in [2.45, 2.75) is 32.1 Å². The smallest absolute Gasteiger partial charge is 0.341 e. The maximum Gasteiger partial charge on any atom is 0.341 e. The van der Waals surface area contributed by atoms with Gasteiger partial charge in [0.2, 0.25) is 5.91 Å². The Morgan fingerprint density at radius 1 is 1.12 bits per heavy atom. The highest BCUT2D eigenvalue weighted by molar-refractivity contribution is 8.00. The highest BCUT2D eigenvalue weighted by Crippen LogP contribution is 2.31. The summed E-state index contributed by atoms with van der Waals surface area (Å²) in [5, 5.41) is 4.82. The average molecular weight is 479 g/mol. The molecule has 0 unspecified atom stereocenters. The first-order valence-electron chi connectivity index (χ1n) is 9.97. The Morgan fingerprint density at radius 2 is 1.84 bits per heavy atom. The normalized spacial score (nSPS) is 10.6. The Kier molecular flexibility index (Phi) is 9.73. The van der Waals surface area contributed by atoms with Crippen molar-refractivity contribution in [3.05, 3.63) is 46.3 Å². The molecule has 0 aliphatic rings. The Hall–Kier alpha value is -2.85. The van der Waals surface area contributed by atoms with E-state index in [4.69, 9.17) is 15.2 Å². The van der Waals surface area contributed by atoms with Crippen LogP contribution >= 0.6 is 23.1 Å². The third-order valence-corrected chi connectivity index (χ3v) is 6.08. The van der Waals surface area contributed by atoms with Gasteiger partial charge in [0, 0.05) is 4.90 Å². The summed E-state index contributed by atoms with van der Waals surface area (Å²) in [7, 11) is 0. The van der Waals surface area contributed by atoms with Gasteiger partial charge < -0.3 is 20.5 Å². The van der Waals surface area contributed by atoms with E-state index in [1.54, 1.807) is 31.2 Å². The molecule has 0 bridgehead atoms. The maximum atomic E-state index is 12.4. The third kappa shape index (κ3) is 7.38. The molecule has 0 saturated carbocycles. The van der Waals surface area contributed by atoms with E-state index in [9.17, 15) is 19.2 Å². The maximum absolute atomic E-state index is 12.4. The monoisotopic (exact) mass is 478 g/mol. The van der Waals surface area contributed by atoms with Crippen molar-refractivity contribution in [1.29, 1.82) is 0 Å². The van der Waals surface area contributed by atoms with Crippen molar-refractivity contribution in [2.75, 3.05) is 24.3 Å². The highest BCUT2D eigenvalue weighted by Gasteiger charge is 2.23. The molecule has 2 rings (SSSR count). The van der Waals surface area contributed by atoms with Crippen LogP contribution < -0.4 is 11.1 Å². The van der Waals surface area contributed by atoms with Crippen LogP contribution in [-0.4, -0.2) is 42.7 Å². The molecule has 0 saturated heterocycles. The number of rotatable bonds is 11. The lowest BCUT2D eigenvalue weighted by Crippen LogP contribution is -2.22. The predicted octanol–water partition coefficient (Wildman–Crippen LogP) is 3.50. The largest absolute Gasteiger partial charge is 0.462 e. The Balaban J connectivity index is 2.06. The summed E-state index contributed by atoms with van der Waals surface area (Å²) in [6.45, 7) is 5.46. The summed E-state index contributed by atoms with van der Waals surface area (Å²) >= 11 is 2.33. The minimum absolute atomic E-state index is 0.0124. The van der Waals surface area contributed by atoms with E-state index in [1.165, 1.54) is 11.3 Å². The van der Waals surface area contributed by atoms with E-state index in [1.807, 2.05) is 19.2 Å². The number of anilines is 1. The summed E-state index contributed by atoms with van der Waals surface area (Å²) in [5.74, 6) is -1.97. The van der Waals surface area contributed by atoms with Gasteiger partial charge >= 0.3 is 11.9 Å². The van der Waals surface area contributed by atoms with E-state index >= 15 is 0 Å². The average Bonchev–Trinajstić information content (AvgIpc) is 3.12. The molecule has 32 heavy (non-hydrogen) atoms. The number of carbonyl (C=O) groups excluding carboxylic acids is 4. The Morgan fingerprint density at radius 3 is 2.50 bits per heavy atom. The van der Waals surface area contributed by atoms with Crippen molar-refractivity contribution in [3.63, 3.8) is 0 Å². The predicted molar refractivity (Wildman–Crippen MR) is 124 cm³/mol. The highest BCUT2D eigenvalue weighted by atomic mass is 32.2. The van der Waals surface area contributed by atoms with E-state index in [-0.39, 0.29) is 17.9 Å². The molecular formula is C22H26N2O6S2. The number of amides is 2. The second-order valence-electron chi connectivity index (χ2n) is 7.16. The fourth-order valence-corrected chi connectivity index (χ4v) is 4.54. The first kappa shape index (κ1) is 25.4. The standard InChI is InChI=1S/C22H26N2O6S2/c1-4-29-22(28)19-14(9-13(2)3)11-32-20(19)24-18(26)10-30-21(27)15-7-5-6-8-16(15)31-12-17(23)25/h5-8,11,13H,4,9-10,12H2,1-3H3,(H2,23,25)(H,24,26). The summed E-state index contributed by atoms with van der Waals surface area (Å²) in [6.07, 6.45) is 0.662. The molecule has 3 N–H and O–H groups in total. The van der Waals surface area contributed by atoms with Gasteiger partial charge in [-0.15, -0.1) is 23.1 Å². The third-order valence-electron chi connectivity index (χ3n) is 4.04. The first-order valence-corrected chi connectivity index (χ1v) is 11.8. The lowest BCUT2D eigenvalue weighted by atomic mass is 10.0. The summed E-state index contributed by atoms with van der Waals surface area (Å²) in [5.41, 5.74) is 6.52. The number of hydrogen-bond donors (Lipinski definition) is 2. The topological polar surface area (TPSA) is 125 Å². The summed E-state index contributed by atoms with van der Waals surface area (Å²) in [6, 6.07) is 6.57. The summed E-state index contributed by atoms with van der Waals surface area (Å²) in [4.78, 5) is 48.8. The van der Waals surface area contributed by atoms with Crippen molar-refractivity contribution in [1.82, 2.24) is 0 Å². The van der Waals surface area contributed by atoms with Crippen LogP contribution in [0.25, 0.3) is 0 Å². The van der Waals surface area contributed by atoms with E-state index in [2.05, 4.69) is 5.32 Å². The summed E-state index contributed by atoms with van der Waals surface area (Å²) < 4.78 is 10.3. The van der Waals surface area contributed by atoms with Crippen LogP contribution in [0.1, 0.15) is 47.1 Å². The molecule has 0 fully saturated rings. The molecule has 10 heteroatoms. The van der Waals surface area contributed by atoms with Gasteiger partial charge in [-0.25, -0.2) is 9.59 Å². The number of thioether (sulfide) groups is 1. The molecule has 0 radical (unpaired) electrons. The second-order valence-corrected chi connectivity index (χ2v) is 9.06. The van der Waals surface area contributed by atoms with Crippen LogP contribution in [0.15, 0.2) is 34.5 Å². The molecule has 0 aliphatic carbocycles. The fraction of sp³-hybridized carbons (Fsp3) is 0.364. The van der Waals surface area contributed by atoms with Gasteiger partial charge in [-0.2, -0.15) is 0 Å². The first-order chi connectivity index (χ1) is 15.2. The second kappa shape index (κ2) is 12.3. The van der Waals surface area contributed by atoms with Crippen molar-refractivity contribution in [3.8, 4) is 0 Å². The lowest BCUT2D eigenvalue weighted by molar-refractivity contribution is -0.119. The van der Waals surface area contributed by atoms with Crippen LogP contribution in [0.3, 0.4) is 0 Å². The van der Waals surface area contributed by atoms with Crippen LogP contribution in [0.5, 0.6) is 0 Å². The molecule has 172 valence electrons. The number of hydrogen-bond acceptors (Lipinski definition) is 8. The number of benzene rings is 1. The van der Waals surface area contributed by atoms with E-state index in [0.29, 0.717) is 27.8 Å². The van der Waals surface area contributed by atoms with Gasteiger partial charge in [0.25, 0.3) is 5.91 Å². The quantitative estimate of drug-likeness (QED) is 0.374. The van der Waals surface area contributed by atoms with Gasteiger partial charge in [0.05, 0.1) is 23.5 Å². The number of ether oxygens (including phenoxy) is 2. The van der Waals surface area contributed by atoms with Crippen molar-refractivity contribution in [2.24, 2.45) is 11.7 Å². The number of primary amides is 1. The van der Waals surface area contributed by atoms with Crippen LogP contribution in [-0.2, 0) is 25.5 Å². The van der Waals surface area contributed by atoms with Crippen LogP contribution in [0, 0.1) is 5.92 Å². The Labute approximate surface area is 194 Å². The zero-order valence-corrected chi connectivity index (χ0v) is 19.8. The van der Waals surface area contributed by atoms with Crippen molar-refractivity contribution < 1.29 is 28.7 Å². The molecule has 2 amide bonds. The molecule has 2 aromatic rings. The molecule has 1 aromatic carbocycles. The fourth-order valence-electron chi connectivity index (χ4n) is 2.78. The molecular weight excluding hydrogens is 452 g/mol. The number of nitrogens with two attached hydrogens (primary N) is 1. The van der Waals surface area contributed by atoms with Crippen LogP contribution in [0.2, 0.25) is 0 Å². The van der Waals surface area contributed by atoms with E-state index < -0.39 is 30.4 Å². The minimum atomic E-state index is -0.704. The zero-order chi connectivity index (χ0) is 23.7. The van der Waals surface area contributed by atoms with Gasteiger partial charge in [-0.3, -0.25) is 9.59 Å². The lowest BCUT2D eigenvalue weighted by Gasteiger charge is -2.11. The number of nitrogens with one attached hydrogen (secondary N) is 1. The van der Waals surface area contributed by atoms with Crippen molar-refractivity contribution >= 4 is 51.9 Å². The SMILES string of the molecule is CCOC(=O)c1c(CC(C)C)csc1NC(=O)COC(=O)c1ccccc1SCC(N)=O. The minimum Gasteiger partial charge on any atom is -0.462 e. The Bertz CT molecular complexity index is 987. The molecule has 1 heterocycles.